The molecule has 2 N–H and O–H groups in total. The minimum atomic E-state index is -0.0978. The van der Waals surface area contributed by atoms with Gasteiger partial charge in [0.15, 0.2) is 0 Å². The number of nitrogens with one attached hydrogen (secondary N) is 2. The molecule has 1 aromatic heterocycles. The van der Waals surface area contributed by atoms with E-state index in [9.17, 15) is 4.79 Å². The minimum absolute atomic E-state index is 0.0978. The summed E-state index contributed by atoms with van der Waals surface area (Å²) in [6, 6.07) is 8.13. The molecule has 0 aliphatic heterocycles. The Labute approximate surface area is 113 Å². The van der Waals surface area contributed by atoms with Crippen molar-refractivity contribution in [2.45, 2.75) is 19.8 Å². The summed E-state index contributed by atoms with van der Waals surface area (Å²) in [5.41, 5.74) is 2.86. The molecule has 0 aliphatic rings. The van der Waals surface area contributed by atoms with Crippen LogP contribution in [0.15, 0.2) is 24.3 Å². The third-order valence-corrected chi connectivity index (χ3v) is 3.15. The lowest BCUT2D eigenvalue weighted by Gasteiger charge is -2.04. The van der Waals surface area contributed by atoms with Gasteiger partial charge < -0.3 is 15.0 Å². The summed E-state index contributed by atoms with van der Waals surface area (Å²) in [4.78, 5) is 15.1. The molecule has 0 saturated heterocycles. The summed E-state index contributed by atoms with van der Waals surface area (Å²) in [6.45, 7) is 5.34. The van der Waals surface area contributed by atoms with Crippen LogP contribution in [0, 0.1) is 0 Å². The van der Waals surface area contributed by atoms with Crippen LogP contribution in [0.25, 0.3) is 10.9 Å². The summed E-state index contributed by atoms with van der Waals surface area (Å²) < 4.78 is 4.90. The number of aromatic nitrogens is 1. The third kappa shape index (κ3) is 3.15. The van der Waals surface area contributed by atoms with Gasteiger partial charge in [-0.1, -0.05) is 26.0 Å². The lowest BCUT2D eigenvalue weighted by molar-refractivity contribution is 0.0933. The Morgan fingerprint density at radius 3 is 2.84 bits per heavy atom. The zero-order chi connectivity index (χ0) is 13.8. The van der Waals surface area contributed by atoms with Crippen LogP contribution in [0.2, 0.25) is 0 Å². The average molecular weight is 260 g/mol. The second-order valence-corrected chi connectivity index (χ2v) is 4.93. The number of ether oxygens (including phenoxy) is 1. The number of aromatic amines is 1. The molecule has 0 bridgehead atoms. The fourth-order valence-electron chi connectivity index (χ4n) is 1.99. The molecule has 1 heterocycles. The molecule has 0 radical (unpaired) electrons. The van der Waals surface area contributed by atoms with E-state index < -0.39 is 0 Å². The van der Waals surface area contributed by atoms with Gasteiger partial charge in [-0.05, 0) is 23.6 Å². The summed E-state index contributed by atoms with van der Waals surface area (Å²) in [7, 11) is 1.61. The van der Waals surface area contributed by atoms with Gasteiger partial charge in [0.1, 0.15) is 5.69 Å². The van der Waals surface area contributed by atoms with E-state index in [-0.39, 0.29) is 5.91 Å². The molecule has 2 aromatic rings. The Bertz CT molecular complexity index is 573. The first kappa shape index (κ1) is 13.6. The van der Waals surface area contributed by atoms with Crippen molar-refractivity contribution < 1.29 is 9.53 Å². The van der Waals surface area contributed by atoms with Crippen LogP contribution in [0.4, 0.5) is 0 Å². The standard InChI is InChI=1S/C15H20N2O2/c1-10(2)11-4-5-12-9-14(17-13(12)8-11)15(18)16-6-7-19-3/h4-5,8-10,17H,6-7H2,1-3H3,(H,16,18). The molecule has 2 rings (SSSR count). The number of hydrogen-bond acceptors (Lipinski definition) is 2. The summed E-state index contributed by atoms with van der Waals surface area (Å²) >= 11 is 0. The van der Waals surface area contributed by atoms with E-state index in [2.05, 4.69) is 36.3 Å². The maximum absolute atomic E-state index is 11.9. The number of amides is 1. The molecule has 0 aliphatic carbocycles. The fourth-order valence-corrected chi connectivity index (χ4v) is 1.99. The van der Waals surface area contributed by atoms with Crippen molar-refractivity contribution in [3.05, 3.63) is 35.5 Å². The van der Waals surface area contributed by atoms with E-state index >= 15 is 0 Å². The van der Waals surface area contributed by atoms with Crippen molar-refractivity contribution >= 4 is 16.8 Å². The van der Waals surface area contributed by atoms with Crippen molar-refractivity contribution in [3.63, 3.8) is 0 Å². The first-order chi connectivity index (χ1) is 9.11. The predicted octanol–water partition coefficient (Wildman–Crippen LogP) is 2.67. The molecular weight excluding hydrogens is 240 g/mol. The monoisotopic (exact) mass is 260 g/mol. The second-order valence-electron chi connectivity index (χ2n) is 4.93. The number of carbonyl (C=O) groups excluding carboxylic acids is 1. The highest BCUT2D eigenvalue weighted by molar-refractivity contribution is 5.98. The molecule has 0 fully saturated rings. The Morgan fingerprint density at radius 2 is 2.16 bits per heavy atom. The number of fused-ring (bicyclic) bond motifs is 1. The first-order valence-corrected chi connectivity index (χ1v) is 6.51. The van der Waals surface area contributed by atoms with Gasteiger partial charge in [0.2, 0.25) is 0 Å². The molecule has 1 amide bonds. The normalized spacial score (nSPS) is 11.2. The van der Waals surface area contributed by atoms with Gasteiger partial charge in [-0.25, -0.2) is 0 Å². The summed E-state index contributed by atoms with van der Waals surface area (Å²) in [5.74, 6) is 0.381. The zero-order valence-corrected chi connectivity index (χ0v) is 11.6. The summed E-state index contributed by atoms with van der Waals surface area (Å²) in [5, 5.41) is 3.86. The van der Waals surface area contributed by atoms with E-state index in [0.29, 0.717) is 24.8 Å². The SMILES string of the molecule is COCCNC(=O)c1cc2ccc(C(C)C)cc2[nH]1. The smallest absolute Gasteiger partial charge is 0.267 e. The lowest BCUT2D eigenvalue weighted by atomic mass is 10.0. The Balaban J connectivity index is 2.19. The number of rotatable bonds is 5. The van der Waals surface area contributed by atoms with Crippen LogP contribution in [-0.4, -0.2) is 31.2 Å². The zero-order valence-electron chi connectivity index (χ0n) is 11.6. The minimum Gasteiger partial charge on any atom is -0.383 e. The molecule has 4 nitrogen and oxygen atoms in total. The van der Waals surface area contributed by atoms with Crippen molar-refractivity contribution in [2.24, 2.45) is 0 Å². The number of hydrogen-bond donors (Lipinski definition) is 2. The van der Waals surface area contributed by atoms with E-state index in [1.807, 2.05) is 12.1 Å². The predicted molar refractivity (Wildman–Crippen MR) is 76.6 cm³/mol. The molecule has 0 atom stereocenters. The highest BCUT2D eigenvalue weighted by Gasteiger charge is 2.09. The van der Waals surface area contributed by atoms with Crippen LogP contribution >= 0.6 is 0 Å². The average Bonchev–Trinajstić information content (AvgIpc) is 2.81. The van der Waals surface area contributed by atoms with Crippen LogP contribution in [-0.2, 0) is 4.74 Å². The van der Waals surface area contributed by atoms with Crippen molar-refractivity contribution in [1.82, 2.24) is 10.3 Å². The van der Waals surface area contributed by atoms with E-state index in [1.165, 1.54) is 5.56 Å². The van der Waals surface area contributed by atoms with Crippen molar-refractivity contribution in [1.29, 1.82) is 0 Å². The van der Waals surface area contributed by atoms with Crippen LogP contribution in [0.5, 0.6) is 0 Å². The van der Waals surface area contributed by atoms with Crippen LogP contribution in [0.3, 0.4) is 0 Å². The number of carbonyl (C=O) groups is 1. The van der Waals surface area contributed by atoms with Gasteiger partial charge in [-0.15, -0.1) is 0 Å². The van der Waals surface area contributed by atoms with Gasteiger partial charge in [0, 0.05) is 24.6 Å². The molecule has 1 aromatic carbocycles. The summed E-state index contributed by atoms with van der Waals surface area (Å²) in [6.07, 6.45) is 0. The number of methoxy groups -OCH3 is 1. The number of benzene rings is 1. The molecule has 19 heavy (non-hydrogen) atoms. The van der Waals surface area contributed by atoms with E-state index in [4.69, 9.17) is 4.74 Å². The van der Waals surface area contributed by atoms with Gasteiger partial charge in [0.05, 0.1) is 6.61 Å². The third-order valence-electron chi connectivity index (χ3n) is 3.15. The van der Waals surface area contributed by atoms with E-state index in [1.54, 1.807) is 7.11 Å². The fraction of sp³-hybridized carbons (Fsp3) is 0.400. The molecule has 102 valence electrons. The maximum atomic E-state index is 11.9. The quantitative estimate of drug-likeness (QED) is 0.812. The highest BCUT2D eigenvalue weighted by Crippen LogP contribution is 2.21. The molecule has 0 saturated carbocycles. The molecular formula is C15H20N2O2. The van der Waals surface area contributed by atoms with Crippen molar-refractivity contribution in [3.8, 4) is 0 Å². The topological polar surface area (TPSA) is 54.1 Å². The Hall–Kier alpha value is -1.81. The maximum Gasteiger partial charge on any atom is 0.267 e. The Kier molecular flexibility index (Phi) is 4.22. The number of H-pyrrole nitrogens is 1. The van der Waals surface area contributed by atoms with Crippen LogP contribution < -0.4 is 5.32 Å². The molecule has 0 spiro atoms. The first-order valence-electron chi connectivity index (χ1n) is 6.51. The lowest BCUT2D eigenvalue weighted by Crippen LogP contribution is -2.27. The largest absolute Gasteiger partial charge is 0.383 e. The Morgan fingerprint density at radius 1 is 1.37 bits per heavy atom. The van der Waals surface area contributed by atoms with Gasteiger partial charge in [-0.2, -0.15) is 0 Å². The second kappa shape index (κ2) is 5.89. The van der Waals surface area contributed by atoms with Gasteiger partial charge in [0.25, 0.3) is 5.91 Å². The van der Waals surface area contributed by atoms with Crippen molar-refractivity contribution in [2.75, 3.05) is 20.3 Å². The molecule has 4 heteroatoms. The van der Waals surface area contributed by atoms with Gasteiger partial charge in [-0.3, -0.25) is 4.79 Å². The van der Waals surface area contributed by atoms with E-state index in [0.717, 1.165) is 10.9 Å². The van der Waals surface area contributed by atoms with Gasteiger partial charge >= 0.3 is 0 Å². The van der Waals surface area contributed by atoms with Crippen LogP contribution in [0.1, 0.15) is 35.8 Å². The highest BCUT2D eigenvalue weighted by atomic mass is 16.5. The molecule has 0 unspecified atom stereocenters.